The molecule has 0 aliphatic rings. The summed E-state index contributed by atoms with van der Waals surface area (Å²) in [4.78, 5) is 27.2. The molecule has 208 valence electrons. The number of nitrogens with two attached hydrogens (primary N) is 2. The van der Waals surface area contributed by atoms with E-state index in [4.69, 9.17) is 16.2 Å². The Morgan fingerprint density at radius 3 is 2.03 bits per heavy atom. The van der Waals surface area contributed by atoms with Crippen LogP contribution in [0.25, 0.3) is 0 Å². The van der Waals surface area contributed by atoms with Gasteiger partial charge in [-0.15, -0.1) is 0 Å². The van der Waals surface area contributed by atoms with Crippen molar-refractivity contribution >= 4 is 11.6 Å². The largest absolute Gasteiger partial charge is 0.485 e. The molecule has 3 aromatic carbocycles. The average Bonchev–Trinajstić information content (AvgIpc) is 2.92. The lowest BCUT2D eigenvalue weighted by molar-refractivity contribution is -0.135. The Bertz CT molecular complexity index is 1210. The van der Waals surface area contributed by atoms with Crippen LogP contribution >= 0.6 is 0 Å². The molecule has 0 aliphatic heterocycles. The lowest BCUT2D eigenvalue weighted by Gasteiger charge is -2.37. The van der Waals surface area contributed by atoms with Gasteiger partial charge >= 0.3 is 0 Å². The van der Waals surface area contributed by atoms with Gasteiger partial charge in [0.1, 0.15) is 23.8 Å². The van der Waals surface area contributed by atoms with Crippen LogP contribution in [-0.4, -0.2) is 29.4 Å². The van der Waals surface area contributed by atoms with Gasteiger partial charge in [-0.05, 0) is 55.4 Å². The van der Waals surface area contributed by atoms with Crippen LogP contribution in [-0.2, 0) is 21.7 Å². The molecule has 6 nitrogen and oxygen atoms in total. The van der Waals surface area contributed by atoms with Crippen LogP contribution in [0, 0.1) is 31.6 Å². The summed E-state index contributed by atoms with van der Waals surface area (Å²) < 4.78 is 5.96. The third-order valence-corrected chi connectivity index (χ3v) is 7.64. The van der Waals surface area contributed by atoms with E-state index < -0.39 is 29.4 Å². The summed E-state index contributed by atoms with van der Waals surface area (Å²) in [6.45, 7) is 7.38. The third-order valence-electron chi connectivity index (χ3n) is 7.64. The number of para-hydroxylation sites is 1. The second-order valence-electron chi connectivity index (χ2n) is 10.7. The second-order valence-corrected chi connectivity index (χ2v) is 10.7. The zero-order valence-corrected chi connectivity index (χ0v) is 23.5. The number of carbonyl (C=O) groups is 2. The zero-order chi connectivity index (χ0) is 28.6. The van der Waals surface area contributed by atoms with Crippen LogP contribution in [0.2, 0.25) is 0 Å². The van der Waals surface area contributed by atoms with Gasteiger partial charge < -0.3 is 21.3 Å². The number of hydrogen-bond donors (Lipinski definition) is 3. The normalized spacial score (nSPS) is 14.7. The first kappa shape index (κ1) is 30.2. The summed E-state index contributed by atoms with van der Waals surface area (Å²) in [6.07, 6.45) is -0.0700. The van der Waals surface area contributed by atoms with E-state index >= 15 is 0 Å². The minimum atomic E-state index is -1.68. The Balaban J connectivity index is 1.93. The molecule has 0 heterocycles. The molecule has 0 aliphatic carbocycles. The second kappa shape index (κ2) is 13.7. The molecule has 3 rings (SSSR count). The van der Waals surface area contributed by atoms with Gasteiger partial charge in [-0.3, -0.25) is 9.59 Å². The summed E-state index contributed by atoms with van der Waals surface area (Å²) in [6, 6.07) is 24.3. The molecule has 4 atom stereocenters. The van der Waals surface area contributed by atoms with Crippen molar-refractivity contribution in [2.45, 2.75) is 58.7 Å². The fourth-order valence-electron chi connectivity index (χ4n) is 5.20. The van der Waals surface area contributed by atoms with Crippen LogP contribution in [0.4, 0.5) is 0 Å². The van der Waals surface area contributed by atoms with Crippen molar-refractivity contribution in [3.63, 3.8) is 0 Å². The van der Waals surface area contributed by atoms with Crippen molar-refractivity contribution in [3.05, 3.63) is 101 Å². The van der Waals surface area contributed by atoms with Crippen LogP contribution < -0.4 is 16.2 Å². The number of aryl methyl sites for hydroxylation is 2. The number of rotatable bonds is 14. The predicted octanol–water partition coefficient (Wildman–Crippen LogP) is 4.86. The molecule has 0 amide bonds. The van der Waals surface area contributed by atoms with E-state index in [1.54, 1.807) is 24.3 Å². The summed E-state index contributed by atoms with van der Waals surface area (Å²) in [5.74, 6) is -1.63. The number of aliphatic hydroxyl groups is 1. The number of benzene rings is 3. The van der Waals surface area contributed by atoms with Crippen LogP contribution in [0.15, 0.2) is 78.9 Å². The third kappa shape index (κ3) is 7.63. The predicted molar refractivity (Wildman–Crippen MR) is 155 cm³/mol. The van der Waals surface area contributed by atoms with Crippen molar-refractivity contribution < 1.29 is 19.4 Å². The first-order valence-electron chi connectivity index (χ1n) is 13.7. The standard InChI is InChI=1S/C33H42N2O4/c1-5-22(2)31(38)26(19-25-15-8-6-9-16-25)20-28(36)30(33(34,35)27-17-10-7-11-18-27)29(37)21-39-32-23(3)13-12-14-24(32)4/h6-18,22,26,28,30,36H,5,19-21,34-35H2,1-4H3/t22?,26-,28-,30-/m0/s1. The van der Waals surface area contributed by atoms with Gasteiger partial charge in [0, 0.05) is 11.8 Å². The van der Waals surface area contributed by atoms with Gasteiger partial charge in [0.2, 0.25) is 0 Å². The molecule has 0 radical (unpaired) electrons. The van der Waals surface area contributed by atoms with Gasteiger partial charge in [0.05, 0.1) is 12.0 Å². The van der Waals surface area contributed by atoms with E-state index in [2.05, 4.69) is 0 Å². The van der Waals surface area contributed by atoms with Crippen molar-refractivity contribution in [1.82, 2.24) is 0 Å². The van der Waals surface area contributed by atoms with Gasteiger partial charge in [-0.25, -0.2) is 0 Å². The van der Waals surface area contributed by atoms with Crippen molar-refractivity contribution in [3.8, 4) is 5.75 Å². The Morgan fingerprint density at radius 1 is 0.897 bits per heavy atom. The number of hydrogen-bond acceptors (Lipinski definition) is 6. The highest BCUT2D eigenvalue weighted by molar-refractivity contribution is 5.86. The molecule has 0 aromatic heterocycles. The number of carbonyl (C=O) groups excluding carboxylic acids is 2. The molecule has 0 saturated carbocycles. The van der Waals surface area contributed by atoms with E-state index in [1.807, 2.05) is 82.3 Å². The lowest BCUT2D eigenvalue weighted by atomic mass is 9.75. The SMILES string of the molecule is CCC(C)C(=O)[C@@H](Cc1ccccc1)C[C@H](O)[C@@H](C(=O)COc1c(C)cccc1C)C(N)(N)c1ccccc1. The Kier molecular flexibility index (Phi) is 10.6. The van der Waals surface area contributed by atoms with Crippen molar-refractivity contribution in [1.29, 1.82) is 0 Å². The highest BCUT2D eigenvalue weighted by atomic mass is 16.5. The van der Waals surface area contributed by atoms with Crippen LogP contribution in [0.1, 0.15) is 48.9 Å². The molecule has 5 N–H and O–H groups in total. The maximum atomic E-state index is 13.8. The molecular formula is C33H42N2O4. The molecule has 0 spiro atoms. The Labute approximate surface area is 232 Å². The summed E-state index contributed by atoms with van der Waals surface area (Å²) in [7, 11) is 0. The summed E-state index contributed by atoms with van der Waals surface area (Å²) in [5.41, 5.74) is 14.9. The van der Waals surface area contributed by atoms with E-state index in [0.717, 1.165) is 16.7 Å². The van der Waals surface area contributed by atoms with Gasteiger partial charge in [0.25, 0.3) is 0 Å². The molecule has 0 fully saturated rings. The fourth-order valence-corrected chi connectivity index (χ4v) is 5.20. The number of Topliss-reactive ketones (excluding diaryl/α,β-unsaturated/α-hetero) is 2. The maximum absolute atomic E-state index is 13.8. The molecular weight excluding hydrogens is 488 g/mol. The summed E-state index contributed by atoms with van der Waals surface area (Å²) in [5, 5.41) is 11.6. The first-order chi connectivity index (χ1) is 18.6. The minimum absolute atomic E-state index is 0.0535. The lowest BCUT2D eigenvalue weighted by Crippen LogP contribution is -2.60. The molecule has 0 saturated heterocycles. The molecule has 1 unspecified atom stereocenters. The summed E-state index contributed by atoms with van der Waals surface area (Å²) >= 11 is 0. The Morgan fingerprint density at radius 2 is 1.46 bits per heavy atom. The highest BCUT2D eigenvalue weighted by Crippen LogP contribution is 2.32. The molecule has 0 bridgehead atoms. The monoisotopic (exact) mass is 530 g/mol. The van der Waals surface area contributed by atoms with E-state index in [9.17, 15) is 14.7 Å². The van der Waals surface area contributed by atoms with E-state index in [0.29, 0.717) is 24.2 Å². The average molecular weight is 531 g/mol. The maximum Gasteiger partial charge on any atom is 0.179 e. The van der Waals surface area contributed by atoms with Crippen molar-refractivity contribution in [2.24, 2.45) is 29.2 Å². The topological polar surface area (TPSA) is 116 Å². The molecule has 3 aromatic rings. The number of aliphatic hydroxyl groups excluding tert-OH is 1. The van der Waals surface area contributed by atoms with Crippen LogP contribution in [0.3, 0.4) is 0 Å². The van der Waals surface area contributed by atoms with E-state index in [-0.39, 0.29) is 24.7 Å². The van der Waals surface area contributed by atoms with Gasteiger partial charge in [-0.1, -0.05) is 92.7 Å². The van der Waals surface area contributed by atoms with Crippen molar-refractivity contribution in [2.75, 3.05) is 6.61 Å². The van der Waals surface area contributed by atoms with E-state index in [1.165, 1.54) is 0 Å². The smallest absolute Gasteiger partial charge is 0.179 e. The number of ketones is 2. The van der Waals surface area contributed by atoms with Gasteiger partial charge in [0.15, 0.2) is 5.78 Å². The minimum Gasteiger partial charge on any atom is -0.485 e. The number of ether oxygens (including phenoxy) is 1. The molecule has 39 heavy (non-hydrogen) atoms. The quantitative estimate of drug-likeness (QED) is 0.256. The fraction of sp³-hybridized carbons (Fsp3) is 0.394. The van der Waals surface area contributed by atoms with Gasteiger partial charge in [-0.2, -0.15) is 0 Å². The molecule has 6 heteroatoms. The first-order valence-corrected chi connectivity index (χ1v) is 13.7. The Hall–Kier alpha value is -3.32. The van der Waals surface area contributed by atoms with Crippen LogP contribution in [0.5, 0.6) is 5.75 Å². The zero-order valence-electron chi connectivity index (χ0n) is 23.5. The highest BCUT2D eigenvalue weighted by Gasteiger charge is 2.44.